The van der Waals surface area contributed by atoms with E-state index >= 15 is 0 Å². The van der Waals surface area contributed by atoms with Crippen LogP contribution in [0.4, 0.5) is 5.69 Å². The minimum atomic E-state index is -3.58. The zero-order valence-electron chi connectivity index (χ0n) is 11.8. The van der Waals surface area contributed by atoms with Crippen LogP contribution in [-0.4, -0.2) is 24.7 Å². The number of nitrogens with two attached hydrogens (primary N) is 1. The lowest BCUT2D eigenvalue weighted by molar-refractivity contribution is 0.580. The topological polar surface area (TPSA) is 90.0 Å². The highest BCUT2D eigenvalue weighted by atomic mass is 79.9. The lowest BCUT2D eigenvalue weighted by Crippen LogP contribution is -2.27. The van der Waals surface area contributed by atoms with Gasteiger partial charge in [0.05, 0.1) is 10.6 Å². The monoisotopic (exact) mass is 372 g/mol. The van der Waals surface area contributed by atoms with Gasteiger partial charge in [0.25, 0.3) is 0 Å². The Morgan fingerprint density at radius 1 is 1.43 bits per heavy atom. The molecule has 0 aliphatic rings. The number of sulfonamides is 1. The molecule has 0 aliphatic carbocycles. The molecule has 1 aromatic heterocycles. The molecule has 0 amide bonds. The Kier molecular flexibility index (Phi) is 4.70. The Morgan fingerprint density at radius 2 is 2.14 bits per heavy atom. The van der Waals surface area contributed by atoms with Crippen molar-refractivity contribution in [3.8, 4) is 0 Å². The molecular weight excluding hydrogens is 356 g/mol. The van der Waals surface area contributed by atoms with E-state index in [0.29, 0.717) is 22.1 Å². The smallest absolute Gasteiger partial charge is 0.240 e. The first-order chi connectivity index (χ1) is 9.79. The Balaban J connectivity index is 2.10. The van der Waals surface area contributed by atoms with Crippen LogP contribution in [0.3, 0.4) is 0 Å². The fourth-order valence-electron chi connectivity index (χ4n) is 1.95. The number of aromatic nitrogens is 2. The molecule has 0 radical (unpaired) electrons. The van der Waals surface area contributed by atoms with Crippen molar-refractivity contribution < 1.29 is 8.42 Å². The van der Waals surface area contributed by atoms with Crippen molar-refractivity contribution in [1.29, 1.82) is 0 Å². The van der Waals surface area contributed by atoms with Gasteiger partial charge in [-0.3, -0.25) is 4.68 Å². The van der Waals surface area contributed by atoms with Gasteiger partial charge in [-0.1, -0.05) is 0 Å². The molecule has 1 aromatic carbocycles. The van der Waals surface area contributed by atoms with Crippen molar-refractivity contribution in [1.82, 2.24) is 14.5 Å². The second-order valence-electron chi connectivity index (χ2n) is 4.77. The predicted molar refractivity (Wildman–Crippen MR) is 85.4 cm³/mol. The van der Waals surface area contributed by atoms with Crippen LogP contribution in [0.2, 0.25) is 0 Å². The quantitative estimate of drug-likeness (QED) is 0.779. The highest BCUT2D eigenvalue weighted by molar-refractivity contribution is 9.10. The number of aryl methyl sites for hydroxylation is 2. The summed E-state index contributed by atoms with van der Waals surface area (Å²) in [6.45, 7) is 2.02. The van der Waals surface area contributed by atoms with Crippen molar-refractivity contribution in [2.75, 3.05) is 12.3 Å². The van der Waals surface area contributed by atoms with E-state index in [4.69, 9.17) is 5.73 Å². The summed E-state index contributed by atoms with van der Waals surface area (Å²) in [7, 11) is -1.76. The summed E-state index contributed by atoms with van der Waals surface area (Å²) in [6, 6.07) is 5.02. The van der Waals surface area contributed by atoms with E-state index in [1.54, 1.807) is 17.7 Å². The number of benzene rings is 1. The normalized spacial score (nSPS) is 11.8. The van der Waals surface area contributed by atoms with E-state index in [1.165, 1.54) is 6.07 Å². The molecule has 114 valence electrons. The van der Waals surface area contributed by atoms with Crippen molar-refractivity contribution >= 4 is 31.6 Å². The van der Waals surface area contributed by atoms with Crippen LogP contribution >= 0.6 is 15.9 Å². The summed E-state index contributed by atoms with van der Waals surface area (Å²) in [5.74, 6) is 0. The van der Waals surface area contributed by atoms with Crippen LogP contribution in [0.25, 0.3) is 0 Å². The molecule has 0 aliphatic heterocycles. The van der Waals surface area contributed by atoms with Gasteiger partial charge < -0.3 is 5.73 Å². The van der Waals surface area contributed by atoms with E-state index in [9.17, 15) is 8.42 Å². The minimum absolute atomic E-state index is 0.198. The molecule has 0 saturated carbocycles. The van der Waals surface area contributed by atoms with E-state index in [-0.39, 0.29) is 11.4 Å². The first-order valence-corrected chi connectivity index (χ1v) is 8.61. The number of hydrogen-bond acceptors (Lipinski definition) is 4. The molecule has 8 heteroatoms. The van der Waals surface area contributed by atoms with Crippen LogP contribution in [0, 0.1) is 6.92 Å². The molecule has 21 heavy (non-hydrogen) atoms. The fraction of sp³-hybridized carbons (Fsp3) is 0.308. The summed E-state index contributed by atoms with van der Waals surface area (Å²) in [5, 5.41) is 4.20. The van der Waals surface area contributed by atoms with Crippen molar-refractivity contribution in [2.45, 2.75) is 18.2 Å². The van der Waals surface area contributed by atoms with Gasteiger partial charge in [0.15, 0.2) is 0 Å². The SMILES string of the molecule is Cc1cc(Br)c(N)cc1S(=O)(=O)NCCc1ccn(C)n1. The van der Waals surface area contributed by atoms with Crippen LogP contribution in [-0.2, 0) is 23.5 Å². The number of hydrogen-bond donors (Lipinski definition) is 2. The van der Waals surface area contributed by atoms with E-state index in [1.807, 2.05) is 19.3 Å². The third-order valence-electron chi connectivity index (χ3n) is 3.03. The van der Waals surface area contributed by atoms with Gasteiger partial charge in [-0.15, -0.1) is 0 Å². The zero-order valence-corrected chi connectivity index (χ0v) is 14.2. The summed E-state index contributed by atoms with van der Waals surface area (Å²) >= 11 is 3.28. The number of halogens is 1. The van der Waals surface area contributed by atoms with Gasteiger partial charge in [-0.25, -0.2) is 13.1 Å². The average Bonchev–Trinajstić information content (AvgIpc) is 2.79. The van der Waals surface area contributed by atoms with Gasteiger partial charge >= 0.3 is 0 Å². The summed E-state index contributed by atoms with van der Waals surface area (Å²) in [4.78, 5) is 0.198. The molecule has 0 bridgehead atoms. The maximum Gasteiger partial charge on any atom is 0.240 e. The molecule has 0 unspecified atom stereocenters. The Labute approximate surface area is 132 Å². The molecule has 1 heterocycles. The van der Waals surface area contributed by atoms with Crippen LogP contribution in [0.5, 0.6) is 0 Å². The zero-order chi connectivity index (χ0) is 15.6. The highest BCUT2D eigenvalue weighted by Gasteiger charge is 2.18. The molecular formula is C13H17BrN4O2S. The highest BCUT2D eigenvalue weighted by Crippen LogP contribution is 2.26. The number of rotatable bonds is 5. The Morgan fingerprint density at radius 3 is 2.76 bits per heavy atom. The number of nitrogens with one attached hydrogen (secondary N) is 1. The van der Waals surface area contributed by atoms with Crippen molar-refractivity contribution in [3.05, 3.63) is 40.1 Å². The molecule has 6 nitrogen and oxygen atoms in total. The van der Waals surface area contributed by atoms with Gasteiger partial charge in [0.2, 0.25) is 10.0 Å². The number of anilines is 1. The number of nitrogens with zero attached hydrogens (tertiary/aromatic N) is 2. The lowest BCUT2D eigenvalue weighted by Gasteiger charge is -2.10. The van der Waals surface area contributed by atoms with Crippen LogP contribution in [0.15, 0.2) is 33.8 Å². The van der Waals surface area contributed by atoms with Gasteiger partial charge in [0, 0.05) is 36.4 Å². The maximum absolute atomic E-state index is 12.3. The predicted octanol–water partition coefficient (Wildman–Crippen LogP) is 1.59. The lowest BCUT2D eigenvalue weighted by atomic mass is 10.2. The third-order valence-corrected chi connectivity index (χ3v) is 5.32. The molecule has 0 spiro atoms. The summed E-state index contributed by atoms with van der Waals surface area (Å²) in [6.07, 6.45) is 2.36. The fourth-order valence-corrected chi connectivity index (χ4v) is 3.69. The molecule has 0 atom stereocenters. The van der Waals surface area contributed by atoms with Crippen molar-refractivity contribution in [3.63, 3.8) is 0 Å². The van der Waals surface area contributed by atoms with Crippen LogP contribution in [0.1, 0.15) is 11.3 Å². The minimum Gasteiger partial charge on any atom is -0.398 e. The summed E-state index contributed by atoms with van der Waals surface area (Å²) in [5.41, 5.74) is 7.63. The van der Waals surface area contributed by atoms with E-state index in [2.05, 4.69) is 25.8 Å². The average molecular weight is 373 g/mol. The molecule has 0 fully saturated rings. The van der Waals surface area contributed by atoms with Crippen molar-refractivity contribution in [2.24, 2.45) is 7.05 Å². The largest absolute Gasteiger partial charge is 0.398 e. The van der Waals surface area contributed by atoms with E-state index in [0.717, 1.165) is 5.69 Å². The van der Waals surface area contributed by atoms with Gasteiger partial charge in [0.1, 0.15) is 0 Å². The first kappa shape index (κ1) is 16.0. The standard InChI is InChI=1S/C13H17BrN4O2S/c1-9-7-11(14)12(15)8-13(9)21(19,20)16-5-3-10-4-6-18(2)17-10/h4,6-8,16H,3,5,15H2,1-2H3. The van der Waals surface area contributed by atoms with Gasteiger partial charge in [-0.05, 0) is 46.6 Å². The first-order valence-electron chi connectivity index (χ1n) is 6.33. The maximum atomic E-state index is 12.3. The number of nitrogen functional groups attached to an aromatic ring is 1. The summed E-state index contributed by atoms with van der Waals surface area (Å²) < 4.78 is 29.6. The second kappa shape index (κ2) is 6.17. The Hall–Kier alpha value is -1.38. The molecule has 2 rings (SSSR count). The van der Waals surface area contributed by atoms with E-state index < -0.39 is 10.0 Å². The third kappa shape index (κ3) is 3.84. The van der Waals surface area contributed by atoms with Gasteiger partial charge in [-0.2, -0.15) is 5.10 Å². The Bertz CT molecular complexity index is 756. The van der Waals surface area contributed by atoms with Crippen LogP contribution < -0.4 is 10.5 Å². The second-order valence-corrected chi connectivity index (χ2v) is 7.36. The molecule has 0 saturated heterocycles. The molecule has 3 N–H and O–H groups in total. The molecule has 2 aromatic rings.